The molecule has 4 amide bonds. The number of amides is 4. The van der Waals surface area contributed by atoms with Crippen molar-refractivity contribution in [2.24, 2.45) is 137 Å². The van der Waals surface area contributed by atoms with Crippen molar-refractivity contribution in [1.29, 1.82) is 0 Å². The van der Waals surface area contributed by atoms with E-state index in [1.54, 1.807) is 6.92 Å². The van der Waals surface area contributed by atoms with Crippen LogP contribution in [0.1, 0.15) is 206 Å². The molecule has 0 spiro atoms. The van der Waals surface area contributed by atoms with Crippen molar-refractivity contribution in [1.82, 2.24) is 21.3 Å². The van der Waals surface area contributed by atoms with Gasteiger partial charge in [-0.15, -0.1) is 0 Å². The molecule has 0 aromatic rings. The number of hydrogen-bond donors (Lipinski definition) is 17. The van der Waals surface area contributed by atoms with Gasteiger partial charge in [-0.3, -0.25) is 33.6 Å². The first-order chi connectivity index (χ1) is 43.1. The van der Waals surface area contributed by atoms with Gasteiger partial charge >= 0.3 is 17.9 Å². The molecule has 0 aliphatic heterocycles. The molecule has 4 unspecified atom stereocenters. The van der Waals surface area contributed by atoms with E-state index in [1.807, 2.05) is 13.8 Å². The lowest BCUT2D eigenvalue weighted by Crippen LogP contribution is -2.51. The summed E-state index contributed by atoms with van der Waals surface area (Å²) in [7, 11) is 0. The molecule has 4 fully saturated rings. The van der Waals surface area contributed by atoms with Crippen LogP contribution in [0.2, 0.25) is 0 Å². The number of aliphatic imine (C=N–C) groups is 4. The molecule has 4 saturated carbocycles. The molecule has 25 N–H and O–H groups in total. The van der Waals surface area contributed by atoms with E-state index in [1.165, 1.54) is 20.8 Å². The number of aliphatic hydroxyl groups excluding tert-OH is 2. The van der Waals surface area contributed by atoms with Crippen molar-refractivity contribution >= 4 is 65.4 Å². The minimum atomic E-state index is -1.11. The first kappa shape index (κ1) is 83.3. The predicted molar refractivity (Wildman–Crippen MR) is 360 cm³/mol. The van der Waals surface area contributed by atoms with Gasteiger partial charge in [0, 0.05) is 75.5 Å². The summed E-state index contributed by atoms with van der Waals surface area (Å²) in [6.07, 6.45) is 12.4. The summed E-state index contributed by atoms with van der Waals surface area (Å²) in [6, 6.07) is -1.88. The van der Waals surface area contributed by atoms with Crippen molar-refractivity contribution in [3.63, 3.8) is 0 Å². The standard InChI is InChI=1S/C17H32N4O4.C17H32N4O3.C15H28N4O4.C15H30N4O/c1-4-6-10(7-5-2)14(20-9(3)22)13-12(21-17(18)19)8-11(15(13)23)16(24)25;1-4-6-11(7-5-2)15(20-10(3)22)13-8-12(16(23)24)9-14(13)21-17(18)19;1-4-8(5-2)12(18-7(3)20)11-10(19-15(16)17)6-9(13(11)21)14(22)23;1-5-11(6-2)14(18-10(4)20)12-7-9(3)8-13(12)19-15(16)17/h10-15,23H,4-8H2,1-3H3,(H,20,22)(H,24,25)(H4,18,19,21);11-15H,4-9H2,1-3H3,(H,20,22)(H,23,24)(H4,18,19,21);8-13,21H,4-6H2,1-3H3,(H,18,20)(H,22,23)(H4,16,17,19);9,11-14H,5-8H2,1-4H3,(H,18,20)(H4,16,17,19)/t11-,12+,13+,14?,15+;12-,13-,14-,15?;9-,10+,11+,12?,13+;9-,12-,13-,14?/m0101/s1. The Kier molecular flexibility index (Phi) is 37.8. The molecule has 28 nitrogen and oxygen atoms in total. The highest BCUT2D eigenvalue weighted by atomic mass is 16.4. The third-order valence-electron chi connectivity index (χ3n) is 19.1. The fraction of sp³-hybridized carbons (Fsp3) is 0.828. The number of hydrogen-bond acceptors (Lipinski definition) is 13. The minimum absolute atomic E-state index is 0.0276. The van der Waals surface area contributed by atoms with Crippen molar-refractivity contribution in [2.45, 2.75) is 266 Å². The van der Waals surface area contributed by atoms with E-state index in [4.69, 9.17) is 45.9 Å². The molecule has 0 saturated heterocycles. The predicted octanol–water partition coefficient (Wildman–Crippen LogP) is 3.16. The van der Waals surface area contributed by atoms with Gasteiger partial charge in [-0.05, 0) is 93.8 Å². The van der Waals surface area contributed by atoms with Gasteiger partial charge in [-0.25, -0.2) is 20.0 Å². The average molecular weight is 1310 g/mol. The van der Waals surface area contributed by atoms with E-state index in [0.717, 1.165) is 89.9 Å². The van der Waals surface area contributed by atoms with Crippen LogP contribution in [0, 0.1) is 71.0 Å². The van der Waals surface area contributed by atoms with Gasteiger partial charge in [0.05, 0.1) is 54.1 Å². The molecule has 92 heavy (non-hydrogen) atoms. The lowest BCUT2D eigenvalue weighted by molar-refractivity contribution is -0.146. The van der Waals surface area contributed by atoms with E-state index in [2.05, 4.69) is 89.7 Å². The molecule has 4 rings (SSSR count). The van der Waals surface area contributed by atoms with Crippen LogP contribution in [-0.4, -0.2) is 151 Å². The molecule has 0 aromatic carbocycles. The summed E-state index contributed by atoms with van der Waals surface area (Å²) in [5, 5.41) is 61.4. The van der Waals surface area contributed by atoms with E-state index >= 15 is 0 Å². The summed E-state index contributed by atoms with van der Waals surface area (Å²) in [5.74, 6) is -5.19. The number of carboxylic acids is 3. The van der Waals surface area contributed by atoms with E-state index in [0.29, 0.717) is 36.5 Å². The number of aliphatic hydroxyl groups is 2. The highest BCUT2D eigenvalue weighted by molar-refractivity contribution is 5.79. The Hall–Kier alpha value is -6.71. The van der Waals surface area contributed by atoms with Gasteiger partial charge in [0.2, 0.25) is 23.6 Å². The summed E-state index contributed by atoms with van der Waals surface area (Å²) in [5.41, 5.74) is 44.1. The number of carbonyl (C=O) groups excluding carboxylic acids is 4. The van der Waals surface area contributed by atoms with E-state index in [-0.39, 0.29) is 114 Å². The van der Waals surface area contributed by atoms with Gasteiger partial charge in [0.25, 0.3) is 0 Å². The Balaban J connectivity index is 0.000000615. The molecule has 18 atom stereocenters. The molecular formula is C64H122N16O12. The third-order valence-corrected chi connectivity index (χ3v) is 19.1. The number of carboxylic acid groups (broad SMARTS) is 3. The number of nitrogens with one attached hydrogen (secondary N) is 4. The Morgan fingerprint density at radius 3 is 0.978 bits per heavy atom. The molecule has 0 heterocycles. The van der Waals surface area contributed by atoms with Gasteiger partial charge in [0.15, 0.2) is 23.8 Å². The summed E-state index contributed by atoms with van der Waals surface area (Å²) < 4.78 is 0. The van der Waals surface area contributed by atoms with Gasteiger partial charge in [0.1, 0.15) is 0 Å². The largest absolute Gasteiger partial charge is 0.481 e. The number of aliphatic carboxylic acids is 3. The van der Waals surface area contributed by atoms with Crippen LogP contribution in [0.15, 0.2) is 20.0 Å². The second kappa shape index (κ2) is 41.8. The molecule has 4 aliphatic carbocycles. The normalized spacial score (nSPS) is 26.8. The first-order valence-electron chi connectivity index (χ1n) is 33.6. The summed E-state index contributed by atoms with van der Waals surface area (Å²) in [6.45, 7) is 24.9. The maximum atomic E-state index is 11.8. The van der Waals surface area contributed by atoms with Crippen LogP contribution in [0.3, 0.4) is 0 Å². The zero-order valence-corrected chi connectivity index (χ0v) is 57.4. The fourth-order valence-electron chi connectivity index (χ4n) is 15.4. The van der Waals surface area contributed by atoms with Crippen LogP contribution >= 0.6 is 0 Å². The summed E-state index contributed by atoms with van der Waals surface area (Å²) in [4.78, 5) is 98.0. The average Bonchev–Trinajstić information content (AvgIpc) is 1.73. The van der Waals surface area contributed by atoms with E-state index < -0.39 is 71.8 Å². The van der Waals surface area contributed by atoms with E-state index in [9.17, 15) is 59.1 Å². The first-order valence-corrected chi connectivity index (χ1v) is 33.6. The van der Waals surface area contributed by atoms with Crippen LogP contribution in [0.4, 0.5) is 0 Å². The van der Waals surface area contributed by atoms with Gasteiger partial charge in [-0.2, -0.15) is 0 Å². The zero-order valence-electron chi connectivity index (χ0n) is 57.4. The third kappa shape index (κ3) is 26.7. The van der Waals surface area contributed by atoms with Crippen molar-refractivity contribution < 1.29 is 59.1 Å². The SMILES string of the molecule is CCC(CC)C(NC(C)=O)[C@@H]1C[C@@H](C)C[C@H]1N=C(N)N.CCC(CC)C(NC(C)=O)[C@@H]1[C@H](O)[C@@H](C(=O)O)C[C@H]1N=C(N)N.CCCC(CCC)C(NC(C)=O)[C@@H]1C[C@@H](C(=O)O)C[C@H]1N=C(N)N.CCCC(CCC)C(NC(C)=O)[C@@H]1[C@H](O)[C@@H](C(=O)O)C[C@H]1N=C(N)N. The highest BCUT2D eigenvalue weighted by Gasteiger charge is 2.53. The Bertz CT molecular complexity index is 2400. The number of guanidine groups is 4. The molecule has 4 aliphatic rings. The monoisotopic (exact) mass is 1310 g/mol. The number of nitrogens with two attached hydrogens (primary N) is 8. The maximum Gasteiger partial charge on any atom is 0.309 e. The Morgan fingerprint density at radius 1 is 0.391 bits per heavy atom. The quantitative estimate of drug-likeness (QED) is 0.0350. The van der Waals surface area contributed by atoms with Gasteiger partial charge in [-0.1, -0.05) is 114 Å². The maximum absolute atomic E-state index is 11.8. The van der Waals surface area contributed by atoms with Crippen LogP contribution in [0.5, 0.6) is 0 Å². The van der Waals surface area contributed by atoms with Crippen LogP contribution in [-0.2, 0) is 33.6 Å². The second-order valence-corrected chi connectivity index (χ2v) is 26.1. The molecule has 28 heteroatoms. The lowest BCUT2D eigenvalue weighted by atomic mass is 9.79. The van der Waals surface area contributed by atoms with Crippen molar-refractivity contribution in [2.75, 3.05) is 0 Å². The topological polar surface area (TPSA) is 526 Å². The van der Waals surface area contributed by atoms with Crippen molar-refractivity contribution in [3.8, 4) is 0 Å². The smallest absolute Gasteiger partial charge is 0.309 e. The molecule has 530 valence electrons. The molecular weight excluding hydrogens is 1180 g/mol. The van der Waals surface area contributed by atoms with Crippen molar-refractivity contribution in [3.05, 3.63) is 0 Å². The highest BCUT2D eigenvalue weighted by Crippen LogP contribution is 2.43. The number of rotatable bonds is 31. The lowest BCUT2D eigenvalue weighted by Gasteiger charge is -2.36. The van der Waals surface area contributed by atoms with Gasteiger partial charge < -0.3 is 92.7 Å². The summed E-state index contributed by atoms with van der Waals surface area (Å²) >= 11 is 0. The second-order valence-electron chi connectivity index (χ2n) is 26.1. The number of carbonyl (C=O) groups is 7. The van der Waals surface area contributed by atoms with Crippen LogP contribution in [0.25, 0.3) is 0 Å². The Morgan fingerprint density at radius 2 is 0.674 bits per heavy atom. The van der Waals surface area contributed by atoms with Crippen LogP contribution < -0.4 is 67.1 Å². The number of nitrogens with zero attached hydrogens (tertiary/aromatic N) is 4. The minimum Gasteiger partial charge on any atom is -0.481 e. The Labute approximate surface area is 546 Å². The molecule has 0 aromatic heterocycles. The zero-order chi connectivity index (χ0) is 70.4. The molecule has 0 radical (unpaired) electrons. The fourth-order valence-corrected chi connectivity index (χ4v) is 15.4. The molecule has 0 bridgehead atoms.